The third-order valence-corrected chi connectivity index (χ3v) is 7.31. The Kier molecular flexibility index (Phi) is 6.43. The molecule has 1 fully saturated rings. The molecule has 1 N–H and O–H groups in total. The van der Waals surface area contributed by atoms with Crippen molar-refractivity contribution in [2.24, 2.45) is 0 Å². The largest absolute Gasteiger partial charge is 0.323 e. The molecule has 0 bridgehead atoms. The number of aryl methyl sites for hydroxylation is 1. The normalized spacial score (nSPS) is 14.8. The van der Waals surface area contributed by atoms with Gasteiger partial charge in [0.25, 0.3) is 11.1 Å². The highest BCUT2D eigenvalue weighted by molar-refractivity contribution is 8.18. The van der Waals surface area contributed by atoms with Crippen LogP contribution in [0.2, 0.25) is 5.02 Å². The molecule has 4 aromatic rings. The minimum atomic E-state index is -0.499. The number of anilines is 1. The maximum atomic E-state index is 13.0. The van der Waals surface area contributed by atoms with Crippen molar-refractivity contribution in [3.05, 3.63) is 99.7 Å². The van der Waals surface area contributed by atoms with Gasteiger partial charge < -0.3 is 9.88 Å². The van der Waals surface area contributed by atoms with E-state index in [9.17, 15) is 14.4 Å². The number of aromatic nitrogens is 1. The Morgan fingerprint density at radius 1 is 0.972 bits per heavy atom. The number of rotatable bonds is 5. The molecule has 5 rings (SSSR count). The first-order valence-corrected chi connectivity index (χ1v) is 12.5. The number of hydrogen-bond donors (Lipinski definition) is 1. The van der Waals surface area contributed by atoms with Crippen molar-refractivity contribution in [3.8, 4) is 5.69 Å². The van der Waals surface area contributed by atoms with Crippen molar-refractivity contribution < 1.29 is 14.4 Å². The number of thioether (sulfide) groups is 1. The van der Waals surface area contributed by atoms with Crippen LogP contribution in [0.25, 0.3) is 22.5 Å². The Morgan fingerprint density at radius 3 is 2.47 bits per heavy atom. The molecule has 0 radical (unpaired) electrons. The quantitative estimate of drug-likeness (QED) is 0.305. The summed E-state index contributed by atoms with van der Waals surface area (Å²) < 4.78 is 2.12. The second-order valence-electron chi connectivity index (χ2n) is 8.49. The van der Waals surface area contributed by atoms with Crippen LogP contribution in [0.15, 0.2) is 77.7 Å². The molecule has 8 heteroatoms. The minimum absolute atomic E-state index is 0.282. The van der Waals surface area contributed by atoms with Crippen LogP contribution in [0.5, 0.6) is 0 Å². The number of para-hydroxylation sites is 1. The number of carbonyl (C=O) groups is 3. The molecule has 1 saturated heterocycles. The average Bonchev–Trinajstić information content (AvgIpc) is 3.29. The maximum Gasteiger partial charge on any atom is 0.294 e. The van der Waals surface area contributed by atoms with Gasteiger partial charge in [0, 0.05) is 17.1 Å². The molecule has 2 heterocycles. The van der Waals surface area contributed by atoms with Gasteiger partial charge in [-0.25, -0.2) is 0 Å². The highest BCUT2D eigenvalue weighted by Gasteiger charge is 2.36. The highest BCUT2D eigenvalue weighted by atomic mass is 35.5. The summed E-state index contributed by atoms with van der Waals surface area (Å²) in [5.41, 5.74) is 4.24. The highest BCUT2D eigenvalue weighted by Crippen LogP contribution is 2.34. The predicted octanol–water partition coefficient (Wildman–Crippen LogP) is 6.58. The van der Waals surface area contributed by atoms with E-state index in [1.54, 1.807) is 30.3 Å². The van der Waals surface area contributed by atoms with Crippen molar-refractivity contribution in [3.63, 3.8) is 0 Å². The third-order valence-electron chi connectivity index (χ3n) is 6.07. The van der Waals surface area contributed by atoms with Gasteiger partial charge in [-0.1, -0.05) is 54.1 Å². The molecule has 1 aliphatic heterocycles. The molecule has 1 aromatic heterocycles. The Labute approximate surface area is 217 Å². The van der Waals surface area contributed by atoms with Crippen LogP contribution in [-0.4, -0.2) is 33.1 Å². The van der Waals surface area contributed by atoms with Crippen LogP contribution in [0, 0.1) is 13.8 Å². The monoisotopic (exact) mass is 515 g/mol. The van der Waals surface area contributed by atoms with Crippen LogP contribution in [0.1, 0.15) is 17.0 Å². The molecular formula is C28H22ClN3O3S. The van der Waals surface area contributed by atoms with Crippen LogP contribution in [-0.2, 0) is 9.59 Å². The molecule has 0 atom stereocenters. The van der Waals surface area contributed by atoms with E-state index < -0.39 is 17.1 Å². The number of amides is 3. The number of nitrogens with one attached hydrogen (secondary N) is 1. The van der Waals surface area contributed by atoms with E-state index in [-0.39, 0.29) is 11.4 Å². The predicted molar refractivity (Wildman–Crippen MR) is 146 cm³/mol. The molecule has 180 valence electrons. The van der Waals surface area contributed by atoms with Gasteiger partial charge in [-0.05, 0) is 78.4 Å². The molecular weight excluding hydrogens is 494 g/mol. The second-order valence-corrected chi connectivity index (χ2v) is 9.89. The molecule has 0 spiro atoms. The fraction of sp³-hybridized carbons (Fsp3) is 0.107. The SMILES string of the molecule is Cc1cc(/C=C2/SC(=O)N(CC(=O)Nc3ccccc3Cl)C2=O)c(C)n1-c1ccc2ccccc2c1. The summed E-state index contributed by atoms with van der Waals surface area (Å²) in [6, 6.07) is 23.2. The van der Waals surface area contributed by atoms with E-state index in [1.807, 2.05) is 32.0 Å². The summed E-state index contributed by atoms with van der Waals surface area (Å²) in [5, 5.41) is 4.84. The second kappa shape index (κ2) is 9.68. The van der Waals surface area contributed by atoms with Gasteiger partial charge in [0.1, 0.15) is 6.54 Å². The van der Waals surface area contributed by atoms with Crippen LogP contribution in [0.3, 0.4) is 0 Å². The lowest BCUT2D eigenvalue weighted by Crippen LogP contribution is -2.36. The number of benzene rings is 3. The van der Waals surface area contributed by atoms with Crippen molar-refractivity contribution >= 4 is 63.0 Å². The van der Waals surface area contributed by atoms with E-state index >= 15 is 0 Å². The van der Waals surface area contributed by atoms with Gasteiger partial charge in [-0.15, -0.1) is 0 Å². The van der Waals surface area contributed by atoms with Gasteiger partial charge in [0.2, 0.25) is 5.91 Å². The first kappa shape index (κ1) is 23.9. The summed E-state index contributed by atoms with van der Waals surface area (Å²) in [6.45, 7) is 3.60. The van der Waals surface area contributed by atoms with Gasteiger partial charge in [0.05, 0.1) is 15.6 Å². The summed E-state index contributed by atoms with van der Waals surface area (Å²) in [6.07, 6.45) is 1.72. The van der Waals surface area contributed by atoms with E-state index in [2.05, 4.69) is 40.2 Å². The minimum Gasteiger partial charge on any atom is -0.323 e. The Bertz CT molecular complexity index is 1570. The summed E-state index contributed by atoms with van der Waals surface area (Å²) in [5.74, 6) is -0.990. The molecule has 0 aliphatic carbocycles. The lowest BCUT2D eigenvalue weighted by Gasteiger charge is -2.13. The fourth-order valence-electron chi connectivity index (χ4n) is 4.32. The molecule has 0 unspecified atom stereocenters. The summed E-state index contributed by atoms with van der Waals surface area (Å²) in [4.78, 5) is 39.3. The number of halogens is 1. The zero-order chi connectivity index (χ0) is 25.4. The van der Waals surface area contributed by atoms with E-state index in [0.717, 1.165) is 50.1 Å². The molecule has 6 nitrogen and oxygen atoms in total. The van der Waals surface area contributed by atoms with Crippen LogP contribution in [0.4, 0.5) is 10.5 Å². The Hall–Kier alpha value is -3.81. The maximum absolute atomic E-state index is 13.0. The third kappa shape index (κ3) is 4.55. The molecule has 0 saturated carbocycles. The van der Waals surface area contributed by atoms with Crippen LogP contribution >= 0.6 is 23.4 Å². The lowest BCUT2D eigenvalue weighted by molar-refractivity contribution is -0.127. The zero-order valence-corrected chi connectivity index (χ0v) is 21.2. The summed E-state index contributed by atoms with van der Waals surface area (Å²) >= 11 is 6.91. The van der Waals surface area contributed by atoms with Crippen molar-refractivity contribution in [2.75, 3.05) is 11.9 Å². The zero-order valence-electron chi connectivity index (χ0n) is 19.6. The van der Waals surface area contributed by atoms with Crippen LogP contribution < -0.4 is 5.32 Å². The first-order valence-electron chi connectivity index (χ1n) is 11.3. The van der Waals surface area contributed by atoms with E-state index in [4.69, 9.17) is 11.6 Å². The smallest absolute Gasteiger partial charge is 0.294 e. The van der Waals surface area contributed by atoms with Gasteiger partial charge in [-0.2, -0.15) is 0 Å². The Balaban J connectivity index is 1.38. The molecule has 36 heavy (non-hydrogen) atoms. The fourth-order valence-corrected chi connectivity index (χ4v) is 5.33. The standard InChI is InChI=1S/C28H22ClN3O3S/c1-17-13-21(18(2)32(17)22-12-11-19-7-3-4-8-20(19)14-22)15-25-27(34)31(28(35)36-25)16-26(33)30-24-10-6-5-9-23(24)29/h3-15H,16H2,1-2H3,(H,30,33)/b25-15+. The first-order chi connectivity index (χ1) is 17.3. The van der Waals surface area contributed by atoms with Gasteiger partial charge >= 0.3 is 0 Å². The number of fused-ring (bicyclic) bond motifs is 1. The Morgan fingerprint density at radius 2 is 1.69 bits per heavy atom. The number of hydrogen-bond acceptors (Lipinski definition) is 4. The average molecular weight is 516 g/mol. The van der Waals surface area contributed by atoms with E-state index in [1.165, 1.54) is 0 Å². The topological polar surface area (TPSA) is 71.4 Å². The van der Waals surface area contributed by atoms with Gasteiger partial charge in [0.15, 0.2) is 0 Å². The molecule has 1 aliphatic rings. The number of carbonyl (C=O) groups excluding carboxylic acids is 3. The number of nitrogens with zero attached hydrogens (tertiary/aromatic N) is 2. The van der Waals surface area contributed by atoms with Gasteiger partial charge in [-0.3, -0.25) is 19.3 Å². The number of imide groups is 1. The van der Waals surface area contributed by atoms with E-state index in [0.29, 0.717) is 10.7 Å². The van der Waals surface area contributed by atoms with Crippen molar-refractivity contribution in [1.82, 2.24) is 9.47 Å². The van der Waals surface area contributed by atoms with Crippen molar-refractivity contribution in [1.29, 1.82) is 0 Å². The molecule has 3 amide bonds. The molecule has 3 aromatic carbocycles. The van der Waals surface area contributed by atoms with Crippen molar-refractivity contribution in [2.45, 2.75) is 13.8 Å². The lowest BCUT2D eigenvalue weighted by atomic mass is 10.1. The summed E-state index contributed by atoms with van der Waals surface area (Å²) in [7, 11) is 0.